The molecule has 2 fully saturated rings. The lowest BCUT2D eigenvalue weighted by Gasteiger charge is -2.42. The molecular formula is C21H29ClSi. The predicted molar refractivity (Wildman–Crippen MR) is 103 cm³/mol. The quantitative estimate of drug-likeness (QED) is 0.299. The molecule has 23 heavy (non-hydrogen) atoms. The largest absolute Gasteiger partial charge is 0.166 e. The maximum Gasteiger partial charge on any atom is 0.164 e. The van der Waals surface area contributed by atoms with Crippen LogP contribution in [-0.4, -0.2) is 7.38 Å². The minimum Gasteiger partial charge on any atom is -0.166 e. The van der Waals surface area contributed by atoms with Crippen molar-refractivity contribution in [2.75, 3.05) is 0 Å². The highest BCUT2D eigenvalue weighted by molar-refractivity contribution is 7.22. The van der Waals surface area contributed by atoms with E-state index in [4.69, 9.17) is 11.1 Å². The van der Waals surface area contributed by atoms with Gasteiger partial charge < -0.3 is 0 Å². The summed E-state index contributed by atoms with van der Waals surface area (Å²) in [4.78, 5) is 0. The Balaban J connectivity index is 1.68. The second-order valence-electron chi connectivity index (χ2n) is 8.25. The molecule has 0 N–H and O–H groups in total. The number of hydrogen-bond acceptors (Lipinski definition) is 0. The lowest BCUT2D eigenvalue weighted by atomic mass is 9.94. The van der Waals surface area contributed by atoms with Crippen molar-refractivity contribution in [3.8, 4) is 0 Å². The topological polar surface area (TPSA) is 0 Å². The summed E-state index contributed by atoms with van der Waals surface area (Å²) in [6.07, 6.45) is 18.2. The molecule has 4 aliphatic rings. The van der Waals surface area contributed by atoms with Crippen LogP contribution in [0.3, 0.4) is 0 Å². The molecule has 0 heterocycles. The Morgan fingerprint density at radius 2 is 1.43 bits per heavy atom. The first-order valence-electron chi connectivity index (χ1n) is 9.44. The number of hydrogen-bond donors (Lipinski definition) is 0. The van der Waals surface area contributed by atoms with E-state index in [9.17, 15) is 0 Å². The van der Waals surface area contributed by atoms with E-state index in [-0.39, 0.29) is 0 Å². The van der Waals surface area contributed by atoms with E-state index in [1.54, 1.807) is 0 Å². The monoisotopic (exact) mass is 344 g/mol. The molecule has 0 spiro atoms. The summed E-state index contributed by atoms with van der Waals surface area (Å²) in [5.74, 6) is 4.13. The number of allylic oxidation sites excluding steroid dienone is 6. The minimum atomic E-state index is -1.88. The zero-order valence-corrected chi connectivity index (χ0v) is 16.0. The third kappa shape index (κ3) is 2.15. The number of rotatable bonds is 6. The fraction of sp³-hybridized carbons (Fsp3) is 0.619. The summed E-state index contributed by atoms with van der Waals surface area (Å²) >= 11 is 7.75. The Labute approximate surface area is 147 Å². The Bertz CT molecular complexity index is 518. The van der Waals surface area contributed by atoms with Crippen molar-refractivity contribution >= 4 is 18.5 Å². The highest BCUT2D eigenvalue weighted by atomic mass is 35.6. The molecule has 4 bridgehead atoms. The maximum atomic E-state index is 7.75. The van der Waals surface area contributed by atoms with Crippen molar-refractivity contribution in [3.05, 3.63) is 49.6 Å². The van der Waals surface area contributed by atoms with E-state index in [1.807, 2.05) is 0 Å². The summed E-state index contributed by atoms with van der Waals surface area (Å²) in [5, 5.41) is 0. The van der Waals surface area contributed by atoms with Gasteiger partial charge in [0.25, 0.3) is 0 Å². The molecular weight excluding hydrogens is 316 g/mol. The van der Waals surface area contributed by atoms with Gasteiger partial charge in [0.2, 0.25) is 0 Å². The summed E-state index contributed by atoms with van der Waals surface area (Å²) in [7, 11) is -1.88. The van der Waals surface area contributed by atoms with Crippen molar-refractivity contribution < 1.29 is 0 Å². The molecule has 0 saturated heterocycles. The van der Waals surface area contributed by atoms with E-state index in [2.05, 4.69) is 56.5 Å². The van der Waals surface area contributed by atoms with Gasteiger partial charge in [-0.1, -0.05) is 49.8 Å². The molecule has 0 nitrogen and oxygen atoms in total. The molecule has 0 aliphatic heterocycles. The average Bonchev–Trinajstić information content (AvgIpc) is 3.32. The van der Waals surface area contributed by atoms with Gasteiger partial charge in [-0.25, -0.2) is 0 Å². The van der Waals surface area contributed by atoms with Crippen LogP contribution in [0.25, 0.3) is 0 Å². The maximum absolute atomic E-state index is 7.75. The van der Waals surface area contributed by atoms with E-state index in [1.165, 1.54) is 25.3 Å². The van der Waals surface area contributed by atoms with Crippen molar-refractivity contribution in [1.82, 2.24) is 0 Å². The van der Waals surface area contributed by atoms with Gasteiger partial charge in [-0.05, 0) is 65.5 Å². The third-order valence-electron chi connectivity index (χ3n) is 7.34. The molecule has 0 aromatic carbocycles. The SMILES string of the molecule is C=CC1CC2C=CC1C2[Si](Cl)(CCC)C1C2C=CC1C(C=C)C2. The minimum absolute atomic E-state index is 0.666. The van der Waals surface area contributed by atoms with Crippen molar-refractivity contribution in [3.63, 3.8) is 0 Å². The van der Waals surface area contributed by atoms with Crippen LogP contribution in [0.4, 0.5) is 0 Å². The molecule has 0 radical (unpaired) electrons. The standard InChI is InChI=1S/C21H29ClSi/c1-4-11-23(22,20-16-7-9-18(20)14(5-2)12-16)21-17-8-10-19(21)15(6-3)13-17/h5-10,14-21H,2-4,11-13H2,1H3. The lowest BCUT2D eigenvalue weighted by Crippen LogP contribution is -2.44. The molecule has 2 heteroatoms. The van der Waals surface area contributed by atoms with Crippen LogP contribution in [0.1, 0.15) is 26.2 Å². The fourth-order valence-electron chi connectivity index (χ4n) is 6.60. The Hall–Kier alpha value is -0.533. The van der Waals surface area contributed by atoms with Gasteiger partial charge in [0, 0.05) is 0 Å². The van der Waals surface area contributed by atoms with Crippen molar-refractivity contribution in [2.45, 2.75) is 43.3 Å². The van der Waals surface area contributed by atoms with Crippen molar-refractivity contribution in [2.24, 2.45) is 35.5 Å². The molecule has 2 saturated carbocycles. The van der Waals surface area contributed by atoms with Crippen LogP contribution in [0.2, 0.25) is 17.1 Å². The van der Waals surface area contributed by atoms with Crippen LogP contribution in [0, 0.1) is 35.5 Å². The number of fused-ring (bicyclic) bond motifs is 4. The summed E-state index contributed by atoms with van der Waals surface area (Å²) in [6, 6.07) is 1.28. The highest BCUT2D eigenvalue weighted by Gasteiger charge is 2.62. The smallest absolute Gasteiger partial charge is 0.164 e. The molecule has 4 aliphatic carbocycles. The van der Waals surface area contributed by atoms with Gasteiger partial charge in [-0.3, -0.25) is 0 Å². The molecule has 4 rings (SSSR count). The molecule has 124 valence electrons. The van der Waals surface area contributed by atoms with Crippen molar-refractivity contribution in [1.29, 1.82) is 0 Å². The van der Waals surface area contributed by atoms with Crippen LogP contribution >= 0.6 is 11.1 Å². The summed E-state index contributed by atoms with van der Waals surface area (Å²) < 4.78 is 0. The number of halogens is 1. The molecule has 0 aromatic rings. The average molecular weight is 345 g/mol. The highest BCUT2D eigenvalue weighted by Crippen LogP contribution is 2.67. The zero-order valence-electron chi connectivity index (χ0n) is 14.2. The van der Waals surface area contributed by atoms with E-state index in [0.717, 1.165) is 22.9 Å². The first-order chi connectivity index (χ1) is 11.1. The second kappa shape index (κ2) is 5.77. The zero-order chi connectivity index (χ0) is 16.2. The Morgan fingerprint density at radius 1 is 0.957 bits per heavy atom. The summed E-state index contributed by atoms with van der Waals surface area (Å²) in [6.45, 7) is 10.5. The van der Waals surface area contributed by atoms with Gasteiger partial charge >= 0.3 is 0 Å². The van der Waals surface area contributed by atoms with Gasteiger partial charge in [0.1, 0.15) is 0 Å². The third-order valence-corrected chi connectivity index (χ3v) is 14.5. The van der Waals surface area contributed by atoms with Crippen LogP contribution in [-0.2, 0) is 0 Å². The van der Waals surface area contributed by atoms with Gasteiger partial charge in [-0.2, -0.15) is 11.1 Å². The van der Waals surface area contributed by atoms with Gasteiger partial charge in [0.15, 0.2) is 7.38 Å². The van der Waals surface area contributed by atoms with E-state index in [0.29, 0.717) is 23.7 Å². The first-order valence-corrected chi connectivity index (χ1v) is 12.8. The van der Waals surface area contributed by atoms with Crippen LogP contribution in [0.5, 0.6) is 0 Å². The molecule has 8 atom stereocenters. The Kier molecular flexibility index (Phi) is 4.01. The van der Waals surface area contributed by atoms with E-state index >= 15 is 0 Å². The fourth-order valence-corrected chi connectivity index (χ4v) is 14.8. The Morgan fingerprint density at radius 3 is 1.78 bits per heavy atom. The van der Waals surface area contributed by atoms with Crippen LogP contribution < -0.4 is 0 Å². The summed E-state index contributed by atoms with van der Waals surface area (Å²) in [5.41, 5.74) is 1.48. The van der Waals surface area contributed by atoms with E-state index < -0.39 is 7.38 Å². The molecule has 8 unspecified atom stereocenters. The van der Waals surface area contributed by atoms with Gasteiger partial charge in [-0.15, -0.1) is 13.2 Å². The second-order valence-corrected chi connectivity index (χ2v) is 14.0. The normalized spacial score (nSPS) is 48.8. The van der Waals surface area contributed by atoms with Crippen LogP contribution in [0.15, 0.2) is 49.6 Å². The first kappa shape index (κ1) is 16.0. The molecule has 0 aromatic heterocycles. The molecule has 0 amide bonds. The van der Waals surface area contributed by atoms with Gasteiger partial charge in [0.05, 0.1) is 0 Å². The lowest BCUT2D eigenvalue weighted by molar-refractivity contribution is 0.531. The predicted octanol–water partition coefficient (Wildman–Crippen LogP) is 6.34.